The van der Waals surface area contributed by atoms with Crippen LogP contribution in [0.1, 0.15) is 67.6 Å². The summed E-state index contributed by atoms with van der Waals surface area (Å²) >= 11 is 0. The average Bonchev–Trinajstić information content (AvgIpc) is 3.36. The van der Waals surface area contributed by atoms with Crippen LogP contribution in [-0.4, -0.2) is 43.8 Å². The van der Waals surface area contributed by atoms with Crippen molar-refractivity contribution < 1.29 is 22.5 Å². The first-order valence-corrected chi connectivity index (χ1v) is 10.8. The number of pyridine rings is 1. The summed E-state index contributed by atoms with van der Waals surface area (Å²) in [6, 6.07) is 2.96. The molecule has 1 atom stereocenters. The molecule has 1 saturated heterocycles. The molecule has 1 aliphatic rings. The fourth-order valence-corrected chi connectivity index (χ4v) is 4.17. The van der Waals surface area contributed by atoms with E-state index in [1.165, 1.54) is 0 Å². The number of likely N-dealkylation sites (tertiary alicyclic amines) is 1. The lowest BCUT2D eigenvalue weighted by Gasteiger charge is -2.32. The van der Waals surface area contributed by atoms with Gasteiger partial charge in [-0.15, -0.1) is 0 Å². The number of fused-ring (bicyclic) bond motifs is 1. The van der Waals surface area contributed by atoms with Crippen molar-refractivity contribution in [1.29, 1.82) is 0 Å². The van der Waals surface area contributed by atoms with Gasteiger partial charge < -0.3 is 9.42 Å². The highest BCUT2D eigenvalue weighted by Gasteiger charge is 2.38. The minimum absolute atomic E-state index is 0.0492. The van der Waals surface area contributed by atoms with Crippen LogP contribution in [0.25, 0.3) is 11.1 Å². The number of halogens is 3. The molecule has 4 rings (SSSR count). The minimum atomic E-state index is -4.56. The number of rotatable bonds is 5. The Morgan fingerprint density at radius 2 is 2.12 bits per heavy atom. The highest BCUT2D eigenvalue weighted by atomic mass is 19.4. The Morgan fingerprint density at radius 1 is 1.34 bits per heavy atom. The summed E-state index contributed by atoms with van der Waals surface area (Å²) < 4.78 is 48.6. The molecule has 0 aliphatic carbocycles. The number of hydrogen-bond acceptors (Lipinski definition) is 5. The van der Waals surface area contributed by atoms with Crippen LogP contribution in [0.5, 0.6) is 0 Å². The average molecular weight is 449 g/mol. The summed E-state index contributed by atoms with van der Waals surface area (Å²) in [4.78, 5) is 18.7. The third-order valence-corrected chi connectivity index (χ3v) is 5.88. The Hall–Kier alpha value is -2.91. The van der Waals surface area contributed by atoms with Gasteiger partial charge in [-0.3, -0.25) is 9.48 Å². The lowest BCUT2D eigenvalue weighted by molar-refractivity contribution is -0.136. The van der Waals surface area contributed by atoms with Gasteiger partial charge in [-0.2, -0.15) is 18.3 Å². The molecule has 0 bridgehead atoms. The molecule has 0 aromatic carbocycles. The zero-order valence-electron chi connectivity index (χ0n) is 18.3. The molecule has 32 heavy (non-hydrogen) atoms. The van der Waals surface area contributed by atoms with Crippen LogP contribution in [0.3, 0.4) is 0 Å². The van der Waals surface area contributed by atoms with Crippen LogP contribution in [0.4, 0.5) is 13.2 Å². The quantitative estimate of drug-likeness (QED) is 0.566. The molecule has 3 aromatic rings. The lowest BCUT2D eigenvalue weighted by Crippen LogP contribution is -2.39. The summed E-state index contributed by atoms with van der Waals surface area (Å²) in [7, 11) is 0. The number of aromatic nitrogens is 4. The predicted molar refractivity (Wildman–Crippen MR) is 111 cm³/mol. The third kappa shape index (κ3) is 4.49. The first-order valence-electron chi connectivity index (χ1n) is 10.8. The number of carbonyl (C=O) groups is 1. The molecule has 1 amide bonds. The molecule has 0 unspecified atom stereocenters. The van der Waals surface area contributed by atoms with Crippen molar-refractivity contribution in [2.45, 2.75) is 64.6 Å². The Labute approximate surface area is 183 Å². The smallest absolute Gasteiger partial charge is 0.342 e. The van der Waals surface area contributed by atoms with Crippen molar-refractivity contribution in [3.05, 3.63) is 41.0 Å². The Balaban J connectivity index is 1.57. The second kappa shape index (κ2) is 8.55. The van der Waals surface area contributed by atoms with E-state index in [1.54, 1.807) is 23.4 Å². The first kappa shape index (κ1) is 22.3. The van der Waals surface area contributed by atoms with Crippen LogP contribution >= 0.6 is 0 Å². The lowest BCUT2D eigenvalue weighted by atomic mass is 9.91. The Kier molecular flexibility index (Phi) is 5.96. The summed E-state index contributed by atoms with van der Waals surface area (Å²) in [5.41, 5.74) is 0.538. The van der Waals surface area contributed by atoms with E-state index in [-0.39, 0.29) is 41.0 Å². The van der Waals surface area contributed by atoms with E-state index in [0.29, 0.717) is 38.2 Å². The summed E-state index contributed by atoms with van der Waals surface area (Å²) in [6.07, 6.45) is -1.14. The predicted octanol–water partition coefficient (Wildman–Crippen LogP) is 4.67. The molecule has 0 radical (unpaired) electrons. The number of nitrogens with zero attached hydrogens (tertiary/aromatic N) is 5. The number of hydrogen-bond donors (Lipinski definition) is 0. The molecular weight excluding hydrogens is 423 g/mol. The number of alkyl halides is 3. The van der Waals surface area contributed by atoms with E-state index in [2.05, 4.69) is 15.2 Å². The third-order valence-electron chi connectivity index (χ3n) is 5.88. The molecule has 1 fully saturated rings. The van der Waals surface area contributed by atoms with Crippen molar-refractivity contribution in [2.24, 2.45) is 0 Å². The van der Waals surface area contributed by atoms with E-state index >= 15 is 0 Å². The van der Waals surface area contributed by atoms with Crippen LogP contribution in [0.2, 0.25) is 0 Å². The molecule has 10 heteroatoms. The van der Waals surface area contributed by atoms with Crippen molar-refractivity contribution in [3.63, 3.8) is 0 Å². The van der Waals surface area contributed by atoms with Crippen molar-refractivity contribution >= 4 is 17.0 Å². The highest BCUT2D eigenvalue weighted by Crippen LogP contribution is 2.40. The molecule has 7 nitrogen and oxygen atoms in total. The van der Waals surface area contributed by atoms with Gasteiger partial charge in [0.25, 0.3) is 5.71 Å². The number of amides is 1. The van der Waals surface area contributed by atoms with Crippen LogP contribution in [-0.2, 0) is 17.5 Å². The number of aryl methyl sites for hydroxylation is 2. The standard InChI is InChI=1S/C22H26F3N5O2/c1-13(2)17-11-16(22(23,24)25)19-20(28-32-21(19)26-17)15-5-4-8-29(12-15)18(31)7-10-30-9-6-14(3)27-30/h6,9,11,13,15H,4-5,7-8,10,12H2,1-3H3/t15-/m1/s1. The van der Waals surface area contributed by atoms with Gasteiger partial charge in [0, 0.05) is 43.9 Å². The fourth-order valence-electron chi connectivity index (χ4n) is 4.17. The zero-order valence-corrected chi connectivity index (χ0v) is 18.3. The maximum absolute atomic E-state index is 13.9. The fraction of sp³-hybridized carbons (Fsp3) is 0.545. The second-order valence-electron chi connectivity index (χ2n) is 8.64. The van der Waals surface area contributed by atoms with Crippen molar-refractivity contribution in [3.8, 4) is 0 Å². The van der Waals surface area contributed by atoms with Gasteiger partial charge >= 0.3 is 6.18 Å². The van der Waals surface area contributed by atoms with Crippen LogP contribution in [0.15, 0.2) is 22.9 Å². The molecule has 3 aromatic heterocycles. The largest absolute Gasteiger partial charge is 0.417 e. The normalized spacial score (nSPS) is 17.5. The topological polar surface area (TPSA) is 77.0 Å². The molecule has 0 saturated carbocycles. The Bertz CT molecular complexity index is 1120. The van der Waals surface area contributed by atoms with Gasteiger partial charge in [-0.1, -0.05) is 19.0 Å². The van der Waals surface area contributed by atoms with E-state index in [1.807, 2.05) is 19.2 Å². The maximum Gasteiger partial charge on any atom is 0.417 e. The molecule has 4 heterocycles. The number of carbonyl (C=O) groups excluding carboxylic acids is 1. The van der Waals surface area contributed by atoms with Gasteiger partial charge in [-0.05, 0) is 37.8 Å². The van der Waals surface area contributed by atoms with Crippen LogP contribution < -0.4 is 0 Å². The zero-order chi connectivity index (χ0) is 23.0. The maximum atomic E-state index is 13.9. The van der Waals surface area contributed by atoms with Gasteiger partial charge in [0.15, 0.2) is 0 Å². The Morgan fingerprint density at radius 3 is 2.78 bits per heavy atom. The monoisotopic (exact) mass is 449 g/mol. The van der Waals surface area contributed by atoms with Crippen LogP contribution in [0, 0.1) is 6.92 Å². The van der Waals surface area contributed by atoms with Gasteiger partial charge in [0.05, 0.1) is 22.3 Å². The van der Waals surface area contributed by atoms with Gasteiger partial charge in [-0.25, -0.2) is 4.98 Å². The SMILES string of the molecule is Cc1ccn(CCC(=O)N2CCC[C@@H](c3noc4nc(C(C)C)cc(C(F)(F)F)c34)C2)n1. The molecular formula is C22H26F3N5O2. The molecule has 0 spiro atoms. The van der Waals surface area contributed by atoms with Crippen molar-refractivity contribution in [2.75, 3.05) is 13.1 Å². The van der Waals surface area contributed by atoms with E-state index < -0.39 is 11.7 Å². The highest BCUT2D eigenvalue weighted by molar-refractivity contribution is 5.82. The molecule has 0 N–H and O–H groups in total. The van der Waals surface area contributed by atoms with E-state index in [9.17, 15) is 18.0 Å². The summed E-state index contributed by atoms with van der Waals surface area (Å²) in [5, 5.41) is 8.18. The second-order valence-corrected chi connectivity index (χ2v) is 8.64. The molecule has 1 aliphatic heterocycles. The first-order chi connectivity index (χ1) is 15.1. The van der Waals surface area contributed by atoms with E-state index in [4.69, 9.17) is 4.52 Å². The summed E-state index contributed by atoms with van der Waals surface area (Å²) in [5.74, 6) is -0.573. The minimum Gasteiger partial charge on any atom is -0.342 e. The number of piperidine rings is 1. The summed E-state index contributed by atoms with van der Waals surface area (Å²) in [6.45, 7) is 6.78. The van der Waals surface area contributed by atoms with Gasteiger partial charge in [0.2, 0.25) is 5.91 Å². The van der Waals surface area contributed by atoms with Crippen molar-refractivity contribution in [1.82, 2.24) is 24.8 Å². The van der Waals surface area contributed by atoms with E-state index in [0.717, 1.165) is 11.8 Å². The van der Waals surface area contributed by atoms with Gasteiger partial charge in [0.1, 0.15) is 0 Å². The molecule has 172 valence electrons.